The van der Waals surface area contributed by atoms with Gasteiger partial charge in [0.2, 0.25) is 5.91 Å². The van der Waals surface area contributed by atoms with Crippen LogP contribution in [0.25, 0.3) is 11.3 Å². The van der Waals surface area contributed by atoms with Crippen LogP contribution in [0, 0.1) is 17.6 Å². The molecule has 0 fully saturated rings. The molecular weight excluding hydrogens is 400 g/mol. The number of nitrogens with zero attached hydrogens (tertiary/aromatic N) is 3. The maximum Gasteiger partial charge on any atom is 0.240 e. The zero-order chi connectivity index (χ0) is 22.1. The molecule has 1 amide bonds. The number of hydrogen-bond acceptors (Lipinski definition) is 4. The van der Waals surface area contributed by atoms with Crippen LogP contribution in [-0.2, 0) is 17.9 Å². The average Bonchev–Trinajstić information content (AvgIpc) is 3.12. The Morgan fingerprint density at radius 2 is 1.65 bits per heavy atom. The largest absolute Gasteiger partial charge is 0.340 e. The number of nitrogens with two attached hydrogens (primary N) is 1. The molecule has 6 nitrogen and oxygen atoms in total. The van der Waals surface area contributed by atoms with Gasteiger partial charge in [-0.05, 0) is 54.4 Å². The van der Waals surface area contributed by atoms with E-state index in [0.29, 0.717) is 42.7 Å². The van der Waals surface area contributed by atoms with E-state index in [1.54, 1.807) is 29.2 Å². The minimum atomic E-state index is -0.560. The lowest BCUT2D eigenvalue weighted by Crippen LogP contribution is -2.49. The van der Waals surface area contributed by atoms with Crippen molar-refractivity contribution in [3.63, 3.8) is 0 Å². The molecule has 1 aliphatic heterocycles. The van der Waals surface area contributed by atoms with Crippen molar-refractivity contribution < 1.29 is 13.6 Å². The summed E-state index contributed by atoms with van der Waals surface area (Å²) in [6.45, 7) is 5.21. The summed E-state index contributed by atoms with van der Waals surface area (Å²) in [5.74, 6) is 0.712. The van der Waals surface area contributed by atoms with Crippen molar-refractivity contribution in [1.29, 1.82) is 0 Å². The van der Waals surface area contributed by atoms with E-state index in [2.05, 4.69) is 5.32 Å². The van der Waals surface area contributed by atoms with Gasteiger partial charge < -0.3 is 20.5 Å². The molecule has 0 bridgehead atoms. The van der Waals surface area contributed by atoms with E-state index in [9.17, 15) is 13.6 Å². The third kappa shape index (κ3) is 4.29. The third-order valence-electron chi connectivity index (χ3n) is 5.51. The van der Waals surface area contributed by atoms with E-state index in [-0.39, 0.29) is 23.5 Å². The average molecular weight is 425 g/mol. The molecule has 3 aromatic rings. The first-order chi connectivity index (χ1) is 14.8. The summed E-state index contributed by atoms with van der Waals surface area (Å²) < 4.78 is 28.8. The molecule has 1 aliphatic rings. The predicted molar refractivity (Wildman–Crippen MR) is 116 cm³/mol. The molecule has 0 unspecified atom stereocenters. The maximum atomic E-state index is 13.5. The summed E-state index contributed by atoms with van der Waals surface area (Å²) in [5.41, 5.74) is 8.15. The highest BCUT2D eigenvalue weighted by Gasteiger charge is 2.30. The fraction of sp³-hybridized carbons (Fsp3) is 0.304. The molecule has 2 heterocycles. The van der Waals surface area contributed by atoms with Crippen LogP contribution >= 0.6 is 0 Å². The second-order valence-electron chi connectivity index (χ2n) is 8.05. The normalized spacial score (nSPS) is 14.5. The fourth-order valence-electron chi connectivity index (χ4n) is 3.62. The van der Waals surface area contributed by atoms with Crippen LogP contribution in [0.3, 0.4) is 0 Å². The first-order valence-electron chi connectivity index (χ1n) is 10.3. The number of benzene rings is 2. The Hall–Kier alpha value is -3.26. The number of carbonyl (C=O) groups is 1. The molecule has 0 radical (unpaired) electrons. The number of aromatic nitrogens is 2. The van der Waals surface area contributed by atoms with Gasteiger partial charge in [-0.25, -0.2) is 13.8 Å². The van der Waals surface area contributed by atoms with Crippen molar-refractivity contribution >= 4 is 17.4 Å². The molecule has 3 N–H and O–H groups in total. The lowest BCUT2D eigenvalue weighted by Gasteiger charge is -2.31. The van der Waals surface area contributed by atoms with Gasteiger partial charge in [0.1, 0.15) is 29.0 Å². The summed E-state index contributed by atoms with van der Waals surface area (Å²) in [4.78, 5) is 19.2. The van der Waals surface area contributed by atoms with Crippen LogP contribution in [0.5, 0.6) is 0 Å². The molecular formula is C23H25F2N5O. The topological polar surface area (TPSA) is 76.2 Å². The van der Waals surface area contributed by atoms with Crippen molar-refractivity contribution in [3.05, 3.63) is 66.0 Å². The van der Waals surface area contributed by atoms with Crippen LogP contribution in [-0.4, -0.2) is 32.9 Å². The number of halogens is 2. The predicted octanol–water partition coefficient (Wildman–Crippen LogP) is 3.90. The van der Waals surface area contributed by atoms with Crippen LogP contribution < -0.4 is 11.1 Å². The van der Waals surface area contributed by atoms with Crippen molar-refractivity contribution in [1.82, 2.24) is 14.5 Å². The summed E-state index contributed by atoms with van der Waals surface area (Å²) >= 11 is 0. The molecule has 0 spiro atoms. The van der Waals surface area contributed by atoms with Crippen molar-refractivity contribution in [3.8, 4) is 11.3 Å². The van der Waals surface area contributed by atoms with Crippen molar-refractivity contribution in [2.24, 2.45) is 11.7 Å². The van der Waals surface area contributed by atoms with Gasteiger partial charge in [0, 0.05) is 24.3 Å². The van der Waals surface area contributed by atoms with Crippen LogP contribution in [0.2, 0.25) is 0 Å². The first kappa shape index (κ1) is 21.0. The number of fused-ring (bicyclic) bond motifs is 1. The number of hydrogen-bond donors (Lipinski definition) is 2. The Labute approximate surface area is 179 Å². The zero-order valence-electron chi connectivity index (χ0n) is 17.5. The van der Waals surface area contributed by atoms with Gasteiger partial charge in [-0.1, -0.05) is 13.8 Å². The molecule has 8 heteroatoms. The molecule has 0 aliphatic carbocycles. The van der Waals surface area contributed by atoms with Gasteiger partial charge in [0.15, 0.2) is 0 Å². The lowest BCUT2D eigenvalue weighted by molar-refractivity contribution is -0.135. The highest BCUT2D eigenvalue weighted by molar-refractivity contribution is 5.82. The molecule has 1 atom stereocenters. The Morgan fingerprint density at radius 3 is 2.26 bits per heavy atom. The van der Waals surface area contributed by atoms with Gasteiger partial charge in [0.05, 0.1) is 12.6 Å². The molecule has 0 saturated heterocycles. The third-order valence-corrected chi connectivity index (χ3v) is 5.51. The van der Waals surface area contributed by atoms with Crippen LogP contribution in [0.4, 0.5) is 20.3 Å². The Bertz CT molecular complexity index is 1080. The minimum absolute atomic E-state index is 0.0413. The number of carbonyl (C=O) groups excluding carboxylic acids is 1. The van der Waals surface area contributed by atoms with Crippen molar-refractivity contribution in [2.75, 3.05) is 11.9 Å². The summed E-state index contributed by atoms with van der Waals surface area (Å²) in [6.07, 6.45) is 0. The summed E-state index contributed by atoms with van der Waals surface area (Å²) in [5, 5.41) is 3.32. The Morgan fingerprint density at radius 1 is 1.03 bits per heavy atom. The Kier molecular flexibility index (Phi) is 5.73. The molecule has 0 saturated carbocycles. The summed E-state index contributed by atoms with van der Waals surface area (Å²) in [7, 11) is 0. The highest BCUT2D eigenvalue weighted by atomic mass is 19.1. The van der Waals surface area contributed by atoms with E-state index in [4.69, 9.17) is 10.7 Å². The standard InChI is InChI=1S/C23H25F2N5O/c1-14(2)20(26)23(31)29-11-12-30-19(13-29)28-21(15-3-5-16(24)6-4-15)22(30)27-18-9-7-17(25)8-10-18/h3-10,14,20,27H,11-13,26H2,1-2H3/t20-/m1/s1. The molecule has 1 aromatic heterocycles. The molecule has 162 valence electrons. The van der Waals surface area contributed by atoms with E-state index >= 15 is 0 Å². The van der Waals surface area contributed by atoms with Gasteiger partial charge in [-0.2, -0.15) is 0 Å². The summed E-state index contributed by atoms with van der Waals surface area (Å²) in [6, 6.07) is 11.6. The maximum absolute atomic E-state index is 13.5. The SMILES string of the molecule is CC(C)[C@@H](N)C(=O)N1CCn2c(nc(-c3ccc(F)cc3)c2Nc2ccc(F)cc2)C1. The number of amides is 1. The first-order valence-corrected chi connectivity index (χ1v) is 10.3. The molecule has 31 heavy (non-hydrogen) atoms. The number of imidazole rings is 1. The van der Waals surface area contributed by atoms with Crippen LogP contribution in [0.15, 0.2) is 48.5 Å². The monoisotopic (exact) mass is 425 g/mol. The fourth-order valence-corrected chi connectivity index (χ4v) is 3.62. The number of anilines is 2. The van der Waals surface area contributed by atoms with E-state index in [0.717, 1.165) is 5.56 Å². The van der Waals surface area contributed by atoms with Gasteiger partial charge in [-0.3, -0.25) is 4.79 Å². The van der Waals surface area contributed by atoms with Gasteiger partial charge in [0.25, 0.3) is 0 Å². The second kappa shape index (κ2) is 8.47. The second-order valence-corrected chi connectivity index (χ2v) is 8.05. The zero-order valence-corrected chi connectivity index (χ0v) is 17.5. The lowest BCUT2D eigenvalue weighted by atomic mass is 10.0. The highest BCUT2D eigenvalue weighted by Crippen LogP contribution is 2.33. The quantitative estimate of drug-likeness (QED) is 0.650. The smallest absolute Gasteiger partial charge is 0.240 e. The number of rotatable bonds is 5. The van der Waals surface area contributed by atoms with Crippen LogP contribution in [0.1, 0.15) is 19.7 Å². The van der Waals surface area contributed by atoms with E-state index < -0.39 is 6.04 Å². The number of nitrogens with one attached hydrogen (secondary N) is 1. The van der Waals surface area contributed by atoms with E-state index in [1.807, 2.05) is 18.4 Å². The Balaban J connectivity index is 1.71. The molecule has 4 rings (SSSR count). The minimum Gasteiger partial charge on any atom is -0.340 e. The van der Waals surface area contributed by atoms with Crippen molar-refractivity contribution in [2.45, 2.75) is 33.0 Å². The van der Waals surface area contributed by atoms with E-state index in [1.165, 1.54) is 24.3 Å². The van der Waals surface area contributed by atoms with Gasteiger partial charge >= 0.3 is 0 Å². The molecule has 2 aromatic carbocycles. The van der Waals surface area contributed by atoms with Gasteiger partial charge in [-0.15, -0.1) is 0 Å².